The molecule has 4 aromatic rings. The molecule has 3 heterocycles. The highest BCUT2D eigenvalue weighted by Crippen LogP contribution is 2.49. The Kier molecular flexibility index (Phi) is 5.83. The summed E-state index contributed by atoms with van der Waals surface area (Å²) >= 11 is 0. The third-order valence-electron chi connectivity index (χ3n) is 7.86. The first-order chi connectivity index (χ1) is 17.9. The molecule has 190 valence electrons. The van der Waals surface area contributed by atoms with Gasteiger partial charge in [-0.2, -0.15) is 0 Å². The summed E-state index contributed by atoms with van der Waals surface area (Å²) in [6, 6.07) is 19.6. The molecule has 2 aromatic carbocycles. The van der Waals surface area contributed by atoms with Gasteiger partial charge in [0.05, 0.1) is 11.2 Å². The van der Waals surface area contributed by atoms with Gasteiger partial charge in [0.25, 0.3) is 5.91 Å². The van der Waals surface area contributed by atoms with Crippen LogP contribution in [0.1, 0.15) is 44.2 Å². The lowest BCUT2D eigenvalue weighted by molar-refractivity contribution is -0.154. The Bertz CT molecular complexity index is 1420. The normalized spacial score (nSPS) is 18.1. The SMILES string of the molecule is C[C@@H](O)C(=O)N1CC2(CCC(c3nc(-c4ccc(Oc5ccccc5)cc4)n4c(N)nccc34)CC2)C1. The molecule has 0 unspecified atom stereocenters. The Morgan fingerprint density at radius 3 is 2.41 bits per heavy atom. The van der Waals surface area contributed by atoms with Crippen molar-refractivity contribution in [2.45, 2.75) is 44.6 Å². The fourth-order valence-corrected chi connectivity index (χ4v) is 5.88. The lowest BCUT2D eigenvalue weighted by atomic mass is 9.65. The minimum Gasteiger partial charge on any atom is -0.457 e. The van der Waals surface area contributed by atoms with Crippen molar-refractivity contribution >= 4 is 17.4 Å². The Morgan fingerprint density at radius 1 is 1.05 bits per heavy atom. The molecule has 8 nitrogen and oxygen atoms in total. The van der Waals surface area contributed by atoms with E-state index in [1.807, 2.05) is 65.1 Å². The molecule has 2 fully saturated rings. The molecule has 1 atom stereocenters. The second kappa shape index (κ2) is 9.19. The summed E-state index contributed by atoms with van der Waals surface area (Å²) in [6.07, 6.45) is 4.92. The highest BCUT2D eigenvalue weighted by Gasteiger charge is 2.48. The van der Waals surface area contributed by atoms with E-state index in [-0.39, 0.29) is 11.3 Å². The topological polar surface area (TPSA) is 106 Å². The van der Waals surface area contributed by atoms with Gasteiger partial charge >= 0.3 is 0 Å². The number of aliphatic hydroxyl groups excluding tert-OH is 1. The third-order valence-corrected chi connectivity index (χ3v) is 7.86. The van der Waals surface area contributed by atoms with Gasteiger partial charge in [0, 0.05) is 36.2 Å². The molecule has 8 heteroatoms. The largest absolute Gasteiger partial charge is 0.457 e. The zero-order valence-corrected chi connectivity index (χ0v) is 20.9. The van der Waals surface area contributed by atoms with E-state index in [0.29, 0.717) is 11.9 Å². The number of aliphatic hydroxyl groups is 1. The fourth-order valence-electron chi connectivity index (χ4n) is 5.88. The van der Waals surface area contributed by atoms with Crippen molar-refractivity contribution in [2.75, 3.05) is 18.8 Å². The van der Waals surface area contributed by atoms with E-state index in [9.17, 15) is 9.90 Å². The van der Waals surface area contributed by atoms with Gasteiger partial charge in [0.2, 0.25) is 5.95 Å². The van der Waals surface area contributed by atoms with Gasteiger partial charge in [-0.1, -0.05) is 18.2 Å². The number of aromatic nitrogens is 3. The number of carbonyl (C=O) groups excluding carboxylic acids is 1. The van der Waals surface area contributed by atoms with Crippen LogP contribution in [0, 0.1) is 5.41 Å². The quantitative estimate of drug-likeness (QED) is 0.416. The number of hydrogen-bond donors (Lipinski definition) is 2. The summed E-state index contributed by atoms with van der Waals surface area (Å²) in [4.78, 5) is 23.3. The number of nitrogens with zero attached hydrogens (tertiary/aromatic N) is 4. The van der Waals surface area contributed by atoms with E-state index in [0.717, 1.165) is 72.9 Å². The van der Waals surface area contributed by atoms with Gasteiger partial charge < -0.3 is 20.5 Å². The van der Waals surface area contributed by atoms with E-state index in [1.165, 1.54) is 6.92 Å². The number of hydrogen-bond acceptors (Lipinski definition) is 6. The predicted molar refractivity (Wildman–Crippen MR) is 141 cm³/mol. The van der Waals surface area contributed by atoms with Crippen LogP contribution in [0.2, 0.25) is 0 Å². The number of amides is 1. The highest BCUT2D eigenvalue weighted by molar-refractivity contribution is 5.81. The van der Waals surface area contributed by atoms with Crippen LogP contribution in [0.25, 0.3) is 16.9 Å². The number of para-hydroxylation sites is 1. The van der Waals surface area contributed by atoms with Crippen molar-refractivity contribution in [1.82, 2.24) is 19.3 Å². The Morgan fingerprint density at radius 2 is 1.73 bits per heavy atom. The van der Waals surface area contributed by atoms with Gasteiger partial charge in [0.15, 0.2) is 0 Å². The molecule has 6 rings (SSSR count). The van der Waals surface area contributed by atoms with E-state index < -0.39 is 6.10 Å². The summed E-state index contributed by atoms with van der Waals surface area (Å²) in [5.74, 6) is 2.88. The number of imidazole rings is 1. The molecule has 2 aliphatic rings. The number of nitrogens with two attached hydrogens (primary N) is 1. The molecule has 1 aliphatic carbocycles. The van der Waals surface area contributed by atoms with Crippen molar-refractivity contribution in [3.05, 3.63) is 72.6 Å². The predicted octanol–water partition coefficient (Wildman–Crippen LogP) is 4.64. The highest BCUT2D eigenvalue weighted by atomic mass is 16.5. The molecule has 0 radical (unpaired) electrons. The van der Waals surface area contributed by atoms with Crippen molar-refractivity contribution in [3.8, 4) is 22.9 Å². The Hall–Kier alpha value is -3.91. The summed E-state index contributed by atoms with van der Waals surface area (Å²) in [5.41, 5.74) is 9.51. The van der Waals surface area contributed by atoms with Gasteiger partial charge in [-0.3, -0.25) is 9.20 Å². The van der Waals surface area contributed by atoms with Gasteiger partial charge in [0.1, 0.15) is 23.4 Å². The third kappa shape index (κ3) is 4.31. The van der Waals surface area contributed by atoms with E-state index in [2.05, 4.69) is 4.98 Å². The monoisotopic (exact) mass is 497 g/mol. The minimum atomic E-state index is -0.929. The van der Waals surface area contributed by atoms with E-state index in [1.54, 1.807) is 11.1 Å². The Balaban J connectivity index is 1.23. The molecule has 1 amide bonds. The maximum atomic E-state index is 12.1. The molecule has 1 aliphatic heterocycles. The number of rotatable bonds is 5. The number of benzene rings is 2. The van der Waals surface area contributed by atoms with Crippen LogP contribution in [0.4, 0.5) is 5.95 Å². The van der Waals surface area contributed by atoms with Crippen LogP contribution < -0.4 is 10.5 Å². The Labute approximate surface area is 215 Å². The van der Waals surface area contributed by atoms with Crippen molar-refractivity contribution < 1.29 is 14.6 Å². The maximum Gasteiger partial charge on any atom is 0.251 e. The first-order valence-corrected chi connectivity index (χ1v) is 12.9. The summed E-state index contributed by atoms with van der Waals surface area (Å²) < 4.78 is 7.89. The van der Waals surface area contributed by atoms with Crippen LogP contribution in [-0.2, 0) is 4.79 Å². The number of nitrogen functional groups attached to an aromatic ring is 1. The molecular formula is C29H31N5O3. The smallest absolute Gasteiger partial charge is 0.251 e. The first-order valence-electron chi connectivity index (χ1n) is 12.9. The van der Waals surface area contributed by atoms with Gasteiger partial charge in [-0.25, -0.2) is 9.97 Å². The number of ether oxygens (including phenoxy) is 1. The van der Waals surface area contributed by atoms with Gasteiger partial charge in [-0.05, 0) is 75.1 Å². The average molecular weight is 498 g/mol. The standard InChI is InChI=1S/C29H31N5O3/c1-19(35)27(36)33-17-29(18-33)14-11-20(12-15-29)25-24-13-16-31-28(30)34(24)26(32-25)21-7-9-23(10-8-21)37-22-5-3-2-4-6-22/h2-10,13,16,19-20,35H,11-12,14-15,17-18H2,1H3,(H2,30,31)/t19-/m1/s1. The minimum absolute atomic E-state index is 0.166. The summed E-state index contributed by atoms with van der Waals surface area (Å²) in [5, 5.41) is 9.61. The lowest BCUT2D eigenvalue weighted by Crippen LogP contribution is -2.61. The summed E-state index contributed by atoms with van der Waals surface area (Å²) in [6.45, 7) is 3.02. The van der Waals surface area contributed by atoms with Crippen molar-refractivity contribution in [2.24, 2.45) is 5.41 Å². The molecule has 37 heavy (non-hydrogen) atoms. The second-order valence-corrected chi connectivity index (χ2v) is 10.4. The molecule has 0 bridgehead atoms. The van der Waals surface area contributed by atoms with Crippen LogP contribution in [0.15, 0.2) is 66.9 Å². The van der Waals surface area contributed by atoms with Crippen LogP contribution in [0.5, 0.6) is 11.5 Å². The molecule has 3 N–H and O–H groups in total. The van der Waals surface area contributed by atoms with E-state index >= 15 is 0 Å². The molecule has 1 saturated heterocycles. The maximum absolute atomic E-state index is 12.1. The zero-order chi connectivity index (χ0) is 25.6. The second-order valence-electron chi connectivity index (χ2n) is 10.4. The fraction of sp³-hybridized carbons (Fsp3) is 0.345. The number of anilines is 1. The summed E-state index contributed by atoms with van der Waals surface area (Å²) in [7, 11) is 0. The molecule has 1 spiro atoms. The number of fused-ring (bicyclic) bond motifs is 1. The van der Waals surface area contributed by atoms with Crippen LogP contribution in [-0.4, -0.2) is 49.5 Å². The number of likely N-dealkylation sites (tertiary alicyclic amines) is 1. The zero-order valence-electron chi connectivity index (χ0n) is 20.9. The average Bonchev–Trinajstić information content (AvgIpc) is 3.29. The van der Waals surface area contributed by atoms with Crippen LogP contribution >= 0.6 is 0 Å². The molecular weight excluding hydrogens is 466 g/mol. The molecule has 2 aromatic heterocycles. The van der Waals surface area contributed by atoms with E-state index in [4.69, 9.17) is 15.5 Å². The van der Waals surface area contributed by atoms with Crippen molar-refractivity contribution in [1.29, 1.82) is 0 Å². The van der Waals surface area contributed by atoms with Crippen LogP contribution in [0.3, 0.4) is 0 Å². The molecule has 1 saturated carbocycles. The number of carbonyl (C=O) groups is 1. The first kappa shape index (κ1) is 23.5. The van der Waals surface area contributed by atoms with Gasteiger partial charge in [-0.15, -0.1) is 0 Å². The lowest BCUT2D eigenvalue weighted by Gasteiger charge is -2.53. The van der Waals surface area contributed by atoms with Crippen molar-refractivity contribution in [3.63, 3.8) is 0 Å².